The molecule has 0 N–H and O–H groups in total. The van der Waals surface area contributed by atoms with Crippen molar-refractivity contribution in [3.63, 3.8) is 0 Å². The Morgan fingerprint density at radius 1 is 1.03 bits per heavy atom. The molecule has 0 unspecified atom stereocenters. The molecule has 31 heavy (non-hydrogen) atoms. The normalized spacial score (nSPS) is 24.5. The van der Waals surface area contributed by atoms with Crippen LogP contribution < -0.4 is 4.74 Å². The van der Waals surface area contributed by atoms with Crippen LogP contribution >= 0.6 is 0 Å². The number of amides is 1. The van der Waals surface area contributed by atoms with Crippen LogP contribution in [0.2, 0.25) is 0 Å². The lowest BCUT2D eigenvalue weighted by atomic mass is 9.69. The van der Waals surface area contributed by atoms with E-state index in [4.69, 9.17) is 4.74 Å². The molecule has 0 aromatic heterocycles. The van der Waals surface area contributed by atoms with Gasteiger partial charge < -0.3 is 9.64 Å². The molecule has 2 saturated carbocycles. The minimum Gasteiger partial charge on any atom is -0.496 e. The first-order chi connectivity index (χ1) is 14.9. The second-order valence-electron chi connectivity index (χ2n) is 9.26. The average Bonchev–Trinajstić information content (AvgIpc) is 3.59. The highest BCUT2D eigenvalue weighted by atomic mass is 16.5. The summed E-state index contributed by atoms with van der Waals surface area (Å²) in [6, 6.07) is 3.74. The summed E-state index contributed by atoms with van der Waals surface area (Å²) >= 11 is 0. The number of carbonyl (C=O) groups excluding carboxylic acids is 3. The van der Waals surface area contributed by atoms with Gasteiger partial charge in [-0.25, -0.2) is 0 Å². The summed E-state index contributed by atoms with van der Waals surface area (Å²) in [5, 5.41) is 0. The lowest BCUT2D eigenvalue weighted by molar-refractivity contribution is -0.138. The van der Waals surface area contributed by atoms with Crippen LogP contribution in [0.4, 0.5) is 0 Å². The maximum absolute atomic E-state index is 13.2. The number of methoxy groups -OCH3 is 1. The third-order valence-corrected chi connectivity index (χ3v) is 7.14. The van der Waals surface area contributed by atoms with Crippen LogP contribution in [0.3, 0.4) is 0 Å². The van der Waals surface area contributed by atoms with Crippen molar-refractivity contribution < 1.29 is 19.1 Å². The van der Waals surface area contributed by atoms with Gasteiger partial charge in [-0.1, -0.05) is 5.92 Å². The molecule has 0 bridgehead atoms. The van der Waals surface area contributed by atoms with Crippen molar-refractivity contribution in [2.75, 3.05) is 20.2 Å². The van der Waals surface area contributed by atoms with Crippen molar-refractivity contribution >= 4 is 17.5 Å². The molecule has 5 heteroatoms. The van der Waals surface area contributed by atoms with E-state index in [1.165, 1.54) is 0 Å². The van der Waals surface area contributed by atoms with E-state index in [2.05, 4.69) is 11.8 Å². The Labute approximate surface area is 184 Å². The van der Waals surface area contributed by atoms with E-state index in [9.17, 15) is 14.4 Å². The van der Waals surface area contributed by atoms with Gasteiger partial charge in [0.2, 0.25) is 5.91 Å². The molecule has 1 aromatic rings. The zero-order chi connectivity index (χ0) is 22.1. The standard InChI is InChI=1S/C26H31NO4/c1-4-5-17-12-16(2)24(23(13-17)31-3)25-21(28)14-20(15-22(25)29)18-8-10-27(11-9-18)26(30)19-6-7-19/h12-13,18-20,25H,6-11,14-15H2,1-3H3. The zero-order valence-corrected chi connectivity index (χ0v) is 18.7. The molecule has 5 nitrogen and oxygen atoms in total. The second-order valence-corrected chi connectivity index (χ2v) is 9.26. The van der Waals surface area contributed by atoms with Gasteiger partial charge >= 0.3 is 0 Å². The predicted molar refractivity (Wildman–Crippen MR) is 118 cm³/mol. The van der Waals surface area contributed by atoms with Gasteiger partial charge in [0.1, 0.15) is 23.2 Å². The number of hydrogen-bond donors (Lipinski definition) is 0. The summed E-state index contributed by atoms with van der Waals surface area (Å²) in [4.78, 5) is 40.7. The van der Waals surface area contributed by atoms with Gasteiger partial charge in [-0.05, 0) is 69.1 Å². The Hall–Kier alpha value is -2.61. The van der Waals surface area contributed by atoms with Crippen LogP contribution in [0.1, 0.15) is 68.1 Å². The fourth-order valence-corrected chi connectivity index (χ4v) is 5.36. The number of ketones is 2. The minimum atomic E-state index is -0.744. The molecule has 1 heterocycles. The predicted octanol–water partition coefficient (Wildman–Crippen LogP) is 3.66. The van der Waals surface area contributed by atoms with Crippen molar-refractivity contribution in [1.82, 2.24) is 4.90 Å². The highest BCUT2D eigenvalue weighted by Gasteiger charge is 2.42. The number of aryl methyl sites for hydroxylation is 1. The Bertz CT molecular complexity index is 940. The molecule has 0 radical (unpaired) electrons. The summed E-state index contributed by atoms with van der Waals surface area (Å²) in [5.41, 5.74) is 2.39. The number of nitrogens with zero attached hydrogens (tertiary/aromatic N) is 1. The molecular formula is C26H31NO4. The second kappa shape index (κ2) is 8.86. The quantitative estimate of drug-likeness (QED) is 0.550. The lowest BCUT2D eigenvalue weighted by Crippen LogP contribution is -2.43. The van der Waals surface area contributed by atoms with Crippen LogP contribution in [0, 0.1) is 36.5 Å². The number of rotatable bonds is 4. The van der Waals surface area contributed by atoms with Crippen molar-refractivity contribution in [3.8, 4) is 17.6 Å². The first kappa shape index (κ1) is 21.6. The molecule has 1 aliphatic heterocycles. The van der Waals surface area contributed by atoms with Crippen molar-refractivity contribution in [3.05, 3.63) is 28.8 Å². The van der Waals surface area contributed by atoms with E-state index in [0.717, 1.165) is 49.9 Å². The monoisotopic (exact) mass is 421 g/mol. The zero-order valence-electron chi connectivity index (χ0n) is 18.7. The highest BCUT2D eigenvalue weighted by molar-refractivity contribution is 6.10. The Kier molecular flexibility index (Phi) is 6.18. The Balaban J connectivity index is 1.46. The number of piperidine rings is 1. The Morgan fingerprint density at radius 3 is 2.23 bits per heavy atom. The van der Waals surface area contributed by atoms with Gasteiger partial charge in [0, 0.05) is 43.0 Å². The maximum Gasteiger partial charge on any atom is 0.225 e. The van der Waals surface area contributed by atoms with Crippen molar-refractivity contribution in [1.29, 1.82) is 0 Å². The molecule has 1 amide bonds. The third kappa shape index (κ3) is 4.39. The van der Waals surface area contributed by atoms with Crippen LogP contribution in [0.5, 0.6) is 5.75 Å². The van der Waals surface area contributed by atoms with E-state index in [-0.39, 0.29) is 23.4 Å². The fraction of sp³-hybridized carbons (Fsp3) is 0.577. The van der Waals surface area contributed by atoms with Gasteiger partial charge in [0.25, 0.3) is 0 Å². The third-order valence-electron chi connectivity index (χ3n) is 7.14. The van der Waals surface area contributed by atoms with E-state index < -0.39 is 5.92 Å². The molecule has 0 spiro atoms. The van der Waals surface area contributed by atoms with E-state index in [1.54, 1.807) is 14.0 Å². The molecule has 1 saturated heterocycles. The maximum atomic E-state index is 13.2. The van der Waals surface area contributed by atoms with Gasteiger partial charge in [-0.3, -0.25) is 14.4 Å². The van der Waals surface area contributed by atoms with Gasteiger partial charge in [0.15, 0.2) is 0 Å². The molecular weight excluding hydrogens is 390 g/mol. The smallest absolute Gasteiger partial charge is 0.225 e. The molecule has 3 aliphatic rings. The summed E-state index contributed by atoms with van der Waals surface area (Å²) in [6.07, 6.45) is 4.69. The number of Topliss-reactive ketones (excluding diaryl/α,β-unsaturated/α-hetero) is 2. The van der Waals surface area contributed by atoms with Crippen molar-refractivity contribution in [2.24, 2.45) is 17.8 Å². The topological polar surface area (TPSA) is 63.7 Å². The lowest BCUT2D eigenvalue weighted by Gasteiger charge is -2.38. The number of benzene rings is 1. The highest BCUT2D eigenvalue weighted by Crippen LogP contribution is 2.42. The molecule has 164 valence electrons. The van der Waals surface area contributed by atoms with Crippen LogP contribution in [-0.2, 0) is 14.4 Å². The van der Waals surface area contributed by atoms with Gasteiger partial charge in [-0.15, -0.1) is 5.92 Å². The Morgan fingerprint density at radius 2 is 1.68 bits per heavy atom. The fourth-order valence-electron chi connectivity index (χ4n) is 5.36. The van der Waals surface area contributed by atoms with Gasteiger partial charge in [-0.2, -0.15) is 0 Å². The van der Waals surface area contributed by atoms with Gasteiger partial charge in [0.05, 0.1) is 7.11 Å². The number of hydrogen-bond acceptors (Lipinski definition) is 4. The number of carbonyl (C=O) groups is 3. The van der Waals surface area contributed by atoms with E-state index in [0.29, 0.717) is 36.0 Å². The van der Waals surface area contributed by atoms with E-state index >= 15 is 0 Å². The number of ether oxygens (including phenoxy) is 1. The van der Waals surface area contributed by atoms with Crippen LogP contribution in [-0.4, -0.2) is 42.6 Å². The molecule has 3 fully saturated rings. The summed E-state index contributed by atoms with van der Waals surface area (Å²) < 4.78 is 5.56. The van der Waals surface area contributed by atoms with Crippen LogP contribution in [0.15, 0.2) is 12.1 Å². The first-order valence-corrected chi connectivity index (χ1v) is 11.4. The summed E-state index contributed by atoms with van der Waals surface area (Å²) in [7, 11) is 1.57. The minimum absolute atomic E-state index is 0.00605. The molecule has 2 aliphatic carbocycles. The molecule has 0 atom stereocenters. The molecule has 4 rings (SSSR count). The SMILES string of the molecule is CC#Cc1cc(C)c(C2C(=O)CC(C3CCN(C(=O)C4CC4)CC3)CC2=O)c(OC)c1. The number of likely N-dealkylation sites (tertiary alicyclic amines) is 1. The van der Waals surface area contributed by atoms with Crippen molar-refractivity contribution in [2.45, 2.75) is 58.3 Å². The average molecular weight is 422 g/mol. The molecule has 1 aromatic carbocycles. The summed E-state index contributed by atoms with van der Waals surface area (Å²) in [5.74, 6) is 6.68. The summed E-state index contributed by atoms with van der Waals surface area (Å²) in [6.45, 7) is 5.21. The van der Waals surface area contributed by atoms with Crippen LogP contribution in [0.25, 0.3) is 0 Å². The first-order valence-electron chi connectivity index (χ1n) is 11.4. The van der Waals surface area contributed by atoms with E-state index in [1.807, 2.05) is 24.0 Å². The largest absolute Gasteiger partial charge is 0.496 e.